The topological polar surface area (TPSA) is 34.1 Å². The molecule has 0 aromatic carbocycles. The largest absolute Gasteiger partial charge is 0.367 e. The first-order valence-electron chi connectivity index (χ1n) is 6.37. The van der Waals surface area contributed by atoms with Crippen LogP contribution >= 0.6 is 36.0 Å². The molecule has 0 spiro atoms. The van der Waals surface area contributed by atoms with E-state index in [1.54, 1.807) is 18.0 Å². The molecule has 0 aliphatic carbocycles. The van der Waals surface area contributed by atoms with Crippen LogP contribution in [0.3, 0.4) is 0 Å². The van der Waals surface area contributed by atoms with E-state index in [0.717, 1.165) is 41.0 Å². The minimum Gasteiger partial charge on any atom is -0.367 e. The number of pyridine rings is 1. The van der Waals surface area contributed by atoms with Crippen LogP contribution in [0.25, 0.3) is 0 Å². The standard InChI is InChI=1S/C13H20N2OS3/c1-2-3-7-16-19-9-8-18-13(17)15-11-12-5-4-6-14-10-12/h4-6,10H,2-3,7-9,11H2,1H3,(H,15,17). The van der Waals surface area contributed by atoms with Crippen LogP contribution in [0.1, 0.15) is 25.3 Å². The lowest BCUT2D eigenvalue weighted by molar-refractivity contribution is 0.363. The van der Waals surface area contributed by atoms with Crippen LogP contribution in [-0.2, 0) is 10.7 Å². The molecule has 0 saturated heterocycles. The highest BCUT2D eigenvalue weighted by Gasteiger charge is 1.98. The molecule has 1 aromatic rings. The zero-order chi connectivity index (χ0) is 13.8. The summed E-state index contributed by atoms with van der Waals surface area (Å²) in [6.07, 6.45) is 5.92. The summed E-state index contributed by atoms with van der Waals surface area (Å²) in [6, 6.07) is 3.96. The summed E-state index contributed by atoms with van der Waals surface area (Å²) in [7, 11) is 0. The summed E-state index contributed by atoms with van der Waals surface area (Å²) in [6.45, 7) is 3.74. The second-order valence-corrected chi connectivity index (χ2v) is 6.50. The van der Waals surface area contributed by atoms with Crippen LogP contribution in [0, 0.1) is 0 Å². The molecule has 0 fully saturated rings. The minimum absolute atomic E-state index is 0.736. The van der Waals surface area contributed by atoms with Gasteiger partial charge in [-0.3, -0.25) is 4.98 Å². The summed E-state index contributed by atoms with van der Waals surface area (Å²) in [5, 5.41) is 3.21. The van der Waals surface area contributed by atoms with Crippen LogP contribution in [0.4, 0.5) is 0 Å². The Labute approximate surface area is 129 Å². The molecule has 106 valence electrons. The Morgan fingerprint density at radius 3 is 3.11 bits per heavy atom. The first kappa shape index (κ1) is 16.8. The highest BCUT2D eigenvalue weighted by molar-refractivity contribution is 8.23. The number of aromatic nitrogens is 1. The number of thiocarbonyl (C=S) groups is 1. The zero-order valence-electron chi connectivity index (χ0n) is 11.1. The lowest BCUT2D eigenvalue weighted by Crippen LogP contribution is -2.18. The smallest absolute Gasteiger partial charge is 0.134 e. The normalized spacial score (nSPS) is 10.4. The molecule has 6 heteroatoms. The van der Waals surface area contributed by atoms with Crippen molar-refractivity contribution < 1.29 is 4.18 Å². The van der Waals surface area contributed by atoms with Crippen molar-refractivity contribution in [2.75, 3.05) is 18.1 Å². The minimum atomic E-state index is 0.736. The quantitative estimate of drug-likeness (QED) is 0.425. The Hall–Kier alpha value is -0.300. The van der Waals surface area contributed by atoms with Crippen LogP contribution < -0.4 is 5.32 Å². The van der Waals surface area contributed by atoms with Crippen molar-refractivity contribution in [3.8, 4) is 0 Å². The van der Waals surface area contributed by atoms with E-state index in [2.05, 4.69) is 17.2 Å². The second-order valence-electron chi connectivity index (χ2n) is 3.85. The number of nitrogens with zero attached hydrogens (tertiary/aromatic N) is 1. The van der Waals surface area contributed by atoms with Gasteiger partial charge in [0.05, 0.1) is 6.61 Å². The summed E-state index contributed by atoms with van der Waals surface area (Å²) < 4.78 is 6.25. The second kappa shape index (κ2) is 11.5. The van der Waals surface area contributed by atoms with E-state index >= 15 is 0 Å². The lowest BCUT2D eigenvalue weighted by atomic mass is 10.3. The molecule has 1 aromatic heterocycles. The van der Waals surface area contributed by atoms with Crippen LogP contribution in [0.5, 0.6) is 0 Å². The van der Waals surface area contributed by atoms with Gasteiger partial charge in [0.15, 0.2) is 0 Å². The third-order valence-corrected chi connectivity index (χ3v) is 4.50. The molecule has 1 rings (SSSR count). The third kappa shape index (κ3) is 9.27. The maximum absolute atomic E-state index is 5.42. The Morgan fingerprint density at radius 2 is 2.37 bits per heavy atom. The van der Waals surface area contributed by atoms with Crippen molar-refractivity contribution in [1.29, 1.82) is 0 Å². The number of thioether (sulfide) groups is 1. The van der Waals surface area contributed by atoms with Crippen LogP contribution in [0.2, 0.25) is 0 Å². The Bertz CT molecular complexity index is 349. The fraction of sp³-hybridized carbons (Fsp3) is 0.538. The summed E-state index contributed by atoms with van der Waals surface area (Å²) in [5.74, 6) is 1.93. The zero-order valence-corrected chi connectivity index (χ0v) is 13.6. The highest BCUT2D eigenvalue weighted by atomic mass is 32.2. The first-order chi connectivity index (χ1) is 9.33. The van der Waals surface area contributed by atoms with E-state index in [-0.39, 0.29) is 0 Å². The average Bonchev–Trinajstić information content (AvgIpc) is 2.45. The number of nitrogens with one attached hydrogen (secondary N) is 1. The molecule has 0 bridgehead atoms. The number of unbranched alkanes of at least 4 members (excludes halogenated alkanes) is 1. The van der Waals surface area contributed by atoms with E-state index < -0.39 is 0 Å². The van der Waals surface area contributed by atoms with Gasteiger partial charge < -0.3 is 9.50 Å². The summed E-state index contributed by atoms with van der Waals surface area (Å²) >= 11 is 8.44. The summed E-state index contributed by atoms with van der Waals surface area (Å²) in [4.78, 5) is 4.06. The molecule has 0 unspecified atom stereocenters. The molecule has 0 radical (unpaired) electrons. The number of hydrogen-bond acceptors (Lipinski definition) is 5. The van der Waals surface area contributed by atoms with Gasteiger partial charge in [0.25, 0.3) is 0 Å². The van der Waals surface area contributed by atoms with E-state index in [9.17, 15) is 0 Å². The van der Waals surface area contributed by atoms with Gasteiger partial charge in [-0.05, 0) is 30.1 Å². The van der Waals surface area contributed by atoms with Gasteiger partial charge in [-0.1, -0.05) is 43.4 Å². The number of rotatable bonds is 9. The van der Waals surface area contributed by atoms with Gasteiger partial charge in [-0.2, -0.15) is 0 Å². The molecule has 0 saturated carbocycles. The molecule has 0 aliphatic heterocycles. The highest BCUT2D eigenvalue weighted by Crippen LogP contribution is 2.10. The predicted molar refractivity (Wildman–Crippen MR) is 89.5 cm³/mol. The number of hydrogen-bond donors (Lipinski definition) is 1. The molecule has 0 amide bonds. The SMILES string of the molecule is CCCCOSCCSC(=S)NCc1cccnc1. The maximum atomic E-state index is 5.42. The van der Waals surface area contributed by atoms with Crippen molar-refractivity contribution in [2.45, 2.75) is 26.3 Å². The van der Waals surface area contributed by atoms with Crippen molar-refractivity contribution in [2.24, 2.45) is 0 Å². The molecule has 19 heavy (non-hydrogen) atoms. The van der Waals surface area contributed by atoms with Crippen LogP contribution in [0.15, 0.2) is 24.5 Å². The molecule has 0 aliphatic rings. The van der Waals surface area contributed by atoms with Crippen molar-refractivity contribution in [3.63, 3.8) is 0 Å². The van der Waals surface area contributed by atoms with Gasteiger partial charge >= 0.3 is 0 Å². The fourth-order valence-corrected chi connectivity index (χ4v) is 2.86. The lowest BCUT2D eigenvalue weighted by Gasteiger charge is -2.07. The van der Waals surface area contributed by atoms with E-state index in [4.69, 9.17) is 16.4 Å². The Morgan fingerprint density at radius 1 is 1.47 bits per heavy atom. The summed E-state index contributed by atoms with van der Waals surface area (Å²) in [5.41, 5.74) is 1.14. The van der Waals surface area contributed by atoms with Gasteiger partial charge in [0.2, 0.25) is 0 Å². The fourth-order valence-electron chi connectivity index (χ4n) is 1.22. The van der Waals surface area contributed by atoms with Gasteiger partial charge in [-0.15, -0.1) is 0 Å². The Balaban J connectivity index is 1.96. The maximum Gasteiger partial charge on any atom is 0.134 e. The van der Waals surface area contributed by atoms with Crippen molar-refractivity contribution in [1.82, 2.24) is 10.3 Å². The van der Waals surface area contributed by atoms with Crippen molar-refractivity contribution in [3.05, 3.63) is 30.1 Å². The first-order valence-corrected chi connectivity index (χ1v) is 8.67. The predicted octanol–water partition coefficient (Wildman–Crippen LogP) is 3.65. The van der Waals surface area contributed by atoms with Gasteiger partial charge in [0, 0.05) is 30.4 Å². The molecule has 3 nitrogen and oxygen atoms in total. The third-order valence-electron chi connectivity index (χ3n) is 2.22. The molecule has 0 atom stereocenters. The monoisotopic (exact) mass is 316 g/mol. The van der Waals surface area contributed by atoms with Gasteiger partial charge in [-0.25, -0.2) is 0 Å². The average molecular weight is 317 g/mol. The van der Waals surface area contributed by atoms with E-state index in [0.29, 0.717) is 0 Å². The molecule has 1 heterocycles. The Kier molecular flexibility index (Phi) is 10.2. The van der Waals surface area contributed by atoms with E-state index in [1.165, 1.54) is 18.5 Å². The van der Waals surface area contributed by atoms with Crippen molar-refractivity contribution >= 4 is 40.3 Å². The molecular weight excluding hydrogens is 296 g/mol. The molecular formula is C13H20N2OS3. The van der Waals surface area contributed by atoms with E-state index in [1.807, 2.05) is 18.3 Å². The van der Waals surface area contributed by atoms with Gasteiger partial charge in [0.1, 0.15) is 4.32 Å². The molecule has 1 N–H and O–H groups in total. The van der Waals surface area contributed by atoms with Crippen LogP contribution in [-0.4, -0.2) is 27.4 Å².